The minimum absolute atomic E-state index is 0.0854. The van der Waals surface area contributed by atoms with Crippen molar-refractivity contribution in [3.63, 3.8) is 0 Å². The minimum Gasteiger partial charge on any atom is -0.338 e. The monoisotopic (exact) mass is 403 g/mol. The van der Waals surface area contributed by atoms with E-state index in [2.05, 4.69) is 23.7 Å². The van der Waals surface area contributed by atoms with Gasteiger partial charge in [-0.05, 0) is 31.3 Å². The van der Waals surface area contributed by atoms with Crippen molar-refractivity contribution in [2.75, 3.05) is 45.8 Å². The Balaban J connectivity index is 1.57. The number of nitrogens with zero attached hydrogens (tertiary/aromatic N) is 5. The first kappa shape index (κ1) is 20.4. The number of halogens is 1. The van der Waals surface area contributed by atoms with E-state index in [9.17, 15) is 9.59 Å². The smallest absolute Gasteiger partial charge is 0.246 e. The van der Waals surface area contributed by atoms with Gasteiger partial charge in [0.2, 0.25) is 11.8 Å². The fourth-order valence-corrected chi connectivity index (χ4v) is 3.55. The lowest BCUT2D eigenvalue weighted by Gasteiger charge is -2.35. The second-order valence-corrected chi connectivity index (χ2v) is 7.08. The molecule has 3 heterocycles. The predicted octanol–water partition coefficient (Wildman–Crippen LogP) is 2.01. The molecule has 150 valence electrons. The largest absolute Gasteiger partial charge is 0.338 e. The van der Waals surface area contributed by atoms with Crippen LogP contribution in [0.5, 0.6) is 0 Å². The first-order valence-corrected chi connectivity index (χ1v) is 10.0. The Morgan fingerprint density at radius 1 is 1.14 bits per heavy atom. The summed E-state index contributed by atoms with van der Waals surface area (Å²) in [6, 6.07) is 5.64. The second kappa shape index (κ2) is 9.21. The molecule has 0 aliphatic carbocycles. The summed E-state index contributed by atoms with van der Waals surface area (Å²) in [7, 11) is 0. The number of aromatic nitrogens is 2. The summed E-state index contributed by atoms with van der Waals surface area (Å²) in [5.74, 6) is 0.0432. The molecule has 0 spiro atoms. The average Bonchev–Trinajstić information content (AvgIpc) is 3.05. The third-order valence-electron chi connectivity index (χ3n) is 5.10. The van der Waals surface area contributed by atoms with Crippen LogP contribution in [0.25, 0.3) is 11.7 Å². The Morgan fingerprint density at radius 2 is 1.82 bits per heavy atom. The molecule has 28 heavy (non-hydrogen) atoms. The Bertz CT molecular complexity index is 867. The standard InChI is InChI=1S/C20H26ClN5O2/c1-3-23(4-2)15-19(28)25-13-11-24(12-14-25)18(27)9-8-16-20(21)22-17-7-5-6-10-26(16)17/h5-10H,3-4,11-15H2,1-2H3. The lowest BCUT2D eigenvalue weighted by molar-refractivity contribution is -0.138. The van der Waals surface area contributed by atoms with E-state index >= 15 is 0 Å². The maximum Gasteiger partial charge on any atom is 0.246 e. The van der Waals surface area contributed by atoms with Crippen LogP contribution in [0, 0.1) is 0 Å². The number of amides is 2. The molecule has 1 saturated heterocycles. The molecule has 8 heteroatoms. The van der Waals surface area contributed by atoms with Crippen molar-refractivity contribution < 1.29 is 9.59 Å². The zero-order valence-electron chi connectivity index (χ0n) is 16.3. The van der Waals surface area contributed by atoms with Crippen LogP contribution < -0.4 is 0 Å². The van der Waals surface area contributed by atoms with E-state index in [0.29, 0.717) is 43.6 Å². The summed E-state index contributed by atoms with van der Waals surface area (Å²) in [6.07, 6.45) is 5.08. The summed E-state index contributed by atoms with van der Waals surface area (Å²) < 4.78 is 1.84. The lowest BCUT2D eigenvalue weighted by Crippen LogP contribution is -2.52. The highest BCUT2D eigenvalue weighted by Crippen LogP contribution is 2.19. The molecular weight excluding hydrogens is 378 g/mol. The third-order valence-corrected chi connectivity index (χ3v) is 5.38. The van der Waals surface area contributed by atoms with E-state index in [1.54, 1.807) is 11.0 Å². The van der Waals surface area contributed by atoms with Crippen LogP contribution in [0.2, 0.25) is 5.15 Å². The highest BCUT2D eigenvalue weighted by Gasteiger charge is 2.23. The Hall–Kier alpha value is -2.38. The van der Waals surface area contributed by atoms with Crippen LogP contribution in [0.3, 0.4) is 0 Å². The van der Waals surface area contributed by atoms with Gasteiger partial charge in [-0.15, -0.1) is 0 Å². The molecule has 0 aromatic carbocycles. The molecule has 3 rings (SSSR count). The molecule has 2 aromatic heterocycles. The normalized spacial score (nSPS) is 15.1. The molecule has 2 aromatic rings. The van der Waals surface area contributed by atoms with E-state index in [0.717, 1.165) is 18.7 Å². The van der Waals surface area contributed by atoms with Crippen molar-refractivity contribution in [2.24, 2.45) is 0 Å². The Kier molecular flexibility index (Phi) is 6.70. The van der Waals surface area contributed by atoms with Crippen LogP contribution >= 0.6 is 11.6 Å². The van der Waals surface area contributed by atoms with Crippen LogP contribution in [-0.2, 0) is 9.59 Å². The van der Waals surface area contributed by atoms with E-state index in [1.165, 1.54) is 6.08 Å². The molecule has 0 radical (unpaired) electrons. The van der Waals surface area contributed by atoms with Gasteiger partial charge in [-0.2, -0.15) is 0 Å². The number of rotatable bonds is 6. The second-order valence-electron chi connectivity index (χ2n) is 6.72. The third kappa shape index (κ3) is 4.54. The molecule has 7 nitrogen and oxygen atoms in total. The van der Waals surface area contributed by atoms with Crippen LogP contribution in [0.15, 0.2) is 30.5 Å². The molecule has 0 atom stereocenters. The fraction of sp³-hybridized carbons (Fsp3) is 0.450. The number of fused-ring (bicyclic) bond motifs is 1. The van der Waals surface area contributed by atoms with Gasteiger partial charge in [-0.25, -0.2) is 4.98 Å². The number of pyridine rings is 1. The summed E-state index contributed by atoms with van der Waals surface area (Å²) in [5.41, 5.74) is 1.42. The number of carbonyl (C=O) groups is 2. The number of hydrogen-bond donors (Lipinski definition) is 0. The van der Waals surface area contributed by atoms with Crippen molar-refractivity contribution in [3.8, 4) is 0 Å². The van der Waals surface area contributed by atoms with Crippen LogP contribution in [0.1, 0.15) is 19.5 Å². The summed E-state index contributed by atoms with van der Waals surface area (Å²) in [6.45, 7) is 8.46. The van der Waals surface area contributed by atoms with Gasteiger partial charge in [-0.1, -0.05) is 31.5 Å². The molecule has 0 bridgehead atoms. The zero-order chi connectivity index (χ0) is 20.1. The molecule has 2 amide bonds. The molecule has 0 unspecified atom stereocenters. The predicted molar refractivity (Wildman–Crippen MR) is 110 cm³/mol. The number of likely N-dealkylation sites (N-methyl/N-ethyl adjacent to an activating group) is 1. The number of imidazole rings is 1. The molecule has 0 N–H and O–H groups in total. The summed E-state index contributed by atoms with van der Waals surface area (Å²) >= 11 is 6.20. The molecule has 1 aliphatic rings. The SMILES string of the molecule is CCN(CC)CC(=O)N1CCN(C(=O)C=Cc2c(Cl)nc3ccccn23)CC1. The molecule has 1 fully saturated rings. The first-order chi connectivity index (χ1) is 13.5. The average molecular weight is 404 g/mol. The van der Waals surface area contributed by atoms with Gasteiger partial charge >= 0.3 is 0 Å². The zero-order valence-corrected chi connectivity index (χ0v) is 17.1. The lowest BCUT2D eigenvalue weighted by atomic mass is 10.2. The first-order valence-electron chi connectivity index (χ1n) is 9.63. The Labute approximate surface area is 170 Å². The fourth-order valence-electron chi connectivity index (χ4n) is 3.31. The van der Waals surface area contributed by atoms with Crippen molar-refractivity contribution in [2.45, 2.75) is 13.8 Å². The molecule has 1 aliphatic heterocycles. The number of carbonyl (C=O) groups excluding carboxylic acids is 2. The van der Waals surface area contributed by atoms with Gasteiger partial charge < -0.3 is 9.80 Å². The number of piperazine rings is 1. The summed E-state index contributed by atoms with van der Waals surface area (Å²) in [5, 5.41) is 0.363. The van der Waals surface area contributed by atoms with Crippen molar-refractivity contribution in [1.82, 2.24) is 24.1 Å². The van der Waals surface area contributed by atoms with E-state index in [1.807, 2.05) is 33.7 Å². The van der Waals surface area contributed by atoms with Gasteiger partial charge in [-0.3, -0.25) is 18.9 Å². The van der Waals surface area contributed by atoms with Gasteiger partial charge in [0.15, 0.2) is 5.15 Å². The highest BCUT2D eigenvalue weighted by atomic mass is 35.5. The number of hydrogen-bond acceptors (Lipinski definition) is 4. The van der Waals surface area contributed by atoms with Gasteiger partial charge in [0, 0.05) is 38.5 Å². The maximum atomic E-state index is 12.5. The van der Waals surface area contributed by atoms with Crippen molar-refractivity contribution in [3.05, 3.63) is 41.3 Å². The van der Waals surface area contributed by atoms with Gasteiger partial charge in [0.1, 0.15) is 5.65 Å². The van der Waals surface area contributed by atoms with Crippen molar-refractivity contribution in [1.29, 1.82) is 0 Å². The summed E-state index contributed by atoms with van der Waals surface area (Å²) in [4.78, 5) is 34.9. The quantitative estimate of drug-likeness (QED) is 0.692. The van der Waals surface area contributed by atoms with Crippen LogP contribution in [-0.4, -0.2) is 81.7 Å². The maximum absolute atomic E-state index is 12.5. The van der Waals surface area contributed by atoms with Gasteiger partial charge in [0.25, 0.3) is 0 Å². The van der Waals surface area contributed by atoms with Crippen molar-refractivity contribution >= 4 is 35.1 Å². The Morgan fingerprint density at radius 3 is 2.50 bits per heavy atom. The van der Waals surface area contributed by atoms with Crippen LogP contribution in [0.4, 0.5) is 0 Å². The molecule has 0 saturated carbocycles. The van der Waals surface area contributed by atoms with E-state index < -0.39 is 0 Å². The molecular formula is C20H26ClN5O2. The van der Waals surface area contributed by atoms with E-state index in [-0.39, 0.29) is 11.8 Å². The highest BCUT2D eigenvalue weighted by molar-refractivity contribution is 6.31. The minimum atomic E-state index is -0.0854. The topological polar surface area (TPSA) is 61.2 Å². The van der Waals surface area contributed by atoms with E-state index in [4.69, 9.17) is 11.6 Å². The van der Waals surface area contributed by atoms with Gasteiger partial charge in [0.05, 0.1) is 12.2 Å².